The Balaban J connectivity index is 1.82. The number of amides is 1. The summed E-state index contributed by atoms with van der Waals surface area (Å²) in [5, 5.41) is 6.56. The van der Waals surface area contributed by atoms with Crippen LogP contribution >= 0.6 is 0 Å². The summed E-state index contributed by atoms with van der Waals surface area (Å²) >= 11 is 0. The summed E-state index contributed by atoms with van der Waals surface area (Å²) < 4.78 is 5.75. The lowest BCUT2D eigenvalue weighted by Crippen LogP contribution is -2.29. The van der Waals surface area contributed by atoms with Crippen molar-refractivity contribution in [2.24, 2.45) is 5.92 Å². The maximum atomic E-state index is 11.5. The highest BCUT2D eigenvalue weighted by molar-refractivity contribution is 5.99. The number of hydrogen-bond donors (Lipinski definition) is 2. The highest BCUT2D eigenvalue weighted by atomic mass is 16.5. The van der Waals surface area contributed by atoms with Gasteiger partial charge in [0.2, 0.25) is 5.91 Å². The van der Waals surface area contributed by atoms with E-state index in [1.54, 1.807) is 0 Å². The molecule has 1 fully saturated rings. The van der Waals surface area contributed by atoms with E-state index in [-0.39, 0.29) is 5.91 Å². The Morgan fingerprint density at radius 3 is 3.05 bits per heavy atom. The van der Waals surface area contributed by atoms with E-state index in [1.165, 1.54) is 5.56 Å². The summed E-state index contributed by atoms with van der Waals surface area (Å²) in [7, 11) is 0. The Morgan fingerprint density at radius 1 is 1.48 bits per heavy atom. The van der Waals surface area contributed by atoms with E-state index in [9.17, 15) is 4.79 Å². The number of carbonyl (C=O) groups excluding carboxylic acids is 1. The lowest BCUT2D eigenvalue weighted by molar-refractivity contribution is -0.115. The van der Waals surface area contributed by atoms with Gasteiger partial charge in [0.15, 0.2) is 0 Å². The molecule has 0 saturated carbocycles. The van der Waals surface area contributed by atoms with Crippen LogP contribution in [0.1, 0.15) is 43.9 Å². The van der Waals surface area contributed by atoms with E-state index < -0.39 is 0 Å². The molecule has 0 spiro atoms. The van der Waals surface area contributed by atoms with E-state index >= 15 is 0 Å². The standard InChI is InChI=1S/C17H24N2O2/c1-3-6-18-17(14-7-11(2)21-10-14)12-4-5-15-13(8-12)9-16(20)19-15/h4-5,8,11,14,17-18H,3,6-7,9-10H2,1-2H3,(H,19,20). The number of rotatable bonds is 5. The number of ether oxygens (including phenoxy) is 1. The molecule has 4 heteroatoms. The summed E-state index contributed by atoms with van der Waals surface area (Å²) in [6.07, 6.45) is 3.06. The fourth-order valence-electron chi connectivity index (χ4n) is 3.38. The quantitative estimate of drug-likeness (QED) is 0.876. The van der Waals surface area contributed by atoms with Gasteiger partial charge < -0.3 is 15.4 Å². The first kappa shape index (κ1) is 14.5. The van der Waals surface area contributed by atoms with Gasteiger partial charge in [0, 0.05) is 17.6 Å². The van der Waals surface area contributed by atoms with Gasteiger partial charge in [0.25, 0.3) is 0 Å². The van der Waals surface area contributed by atoms with Crippen molar-refractivity contribution in [2.45, 2.75) is 45.3 Å². The van der Waals surface area contributed by atoms with Crippen LogP contribution in [0.2, 0.25) is 0 Å². The van der Waals surface area contributed by atoms with Crippen LogP contribution in [0.3, 0.4) is 0 Å². The summed E-state index contributed by atoms with van der Waals surface area (Å²) in [4.78, 5) is 11.5. The van der Waals surface area contributed by atoms with Crippen molar-refractivity contribution in [2.75, 3.05) is 18.5 Å². The van der Waals surface area contributed by atoms with E-state index in [0.717, 1.165) is 37.2 Å². The minimum absolute atomic E-state index is 0.0954. The van der Waals surface area contributed by atoms with Crippen molar-refractivity contribution in [3.63, 3.8) is 0 Å². The number of nitrogens with one attached hydrogen (secondary N) is 2. The summed E-state index contributed by atoms with van der Waals surface area (Å²) in [5.41, 5.74) is 3.36. The monoisotopic (exact) mass is 288 g/mol. The Bertz CT molecular complexity index is 530. The molecule has 2 aliphatic heterocycles. The molecule has 0 aliphatic carbocycles. The first-order valence-electron chi connectivity index (χ1n) is 7.95. The van der Waals surface area contributed by atoms with Gasteiger partial charge in [-0.2, -0.15) is 0 Å². The zero-order valence-electron chi connectivity index (χ0n) is 12.8. The molecular formula is C17H24N2O2. The van der Waals surface area contributed by atoms with Crippen molar-refractivity contribution in [1.82, 2.24) is 5.32 Å². The largest absolute Gasteiger partial charge is 0.378 e. The van der Waals surface area contributed by atoms with Crippen LogP contribution in [-0.4, -0.2) is 25.2 Å². The third kappa shape index (κ3) is 3.11. The number of benzene rings is 1. The molecule has 0 radical (unpaired) electrons. The van der Waals surface area contributed by atoms with E-state index in [1.807, 2.05) is 6.07 Å². The van der Waals surface area contributed by atoms with Crippen LogP contribution in [0, 0.1) is 5.92 Å². The van der Waals surface area contributed by atoms with Gasteiger partial charge in [-0.05, 0) is 43.5 Å². The molecule has 3 atom stereocenters. The molecule has 4 nitrogen and oxygen atoms in total. The first-order valence-corrected chi connectivity index (χ1v) is 7.95. The predicted molar refractivity (Wildman–Crippen MR) is 83.3 cm³/mol. The number of hydrogen-bond acceptors (Lipinski definition) is 3. The summed E-state index contributed by atoms with van der Waals surface area (Å²) in [6, 6.07) is 6.68. The van der Waals surface area contributed by atoms with Crippen LogP contribution in [0.5, 0.6) is 0 Å². The lowest BCUT2D eigenvalue weighted by atomic mass is 9.89. The Morgan fingerprint density at radius 2 is 2.33 bits per heavy atom. The fraction of sp³-hybridized carbons (Fsp3) is 0.588. The van der Waals surface area contributed by atoms with Crippen LogP contribution in [-0.2, 0) is 16.0 Å². The van der Waals surface area contributed by atoms with Gasteiger partial charge in [0.05, 0.1) is 19.1 Å². The normalized spacial score (nSPS) is 25.7. The first-order chi connectivity index (χ1) is 10.2. The Hall–Kier alpha value is -1.39. The van der Waals surface area contributed by atoms with Crippen LogP contribution < -0.4 is 10.6 Å². The zero-order valence-corrected chi connectivity index (χ0v) is 12.8. The fourth-order valence-corrected chi connectivity index (χ4v) is 3.38. The van der Waals surface area contributed by atoms with Crippen LogP contribution in [0.4, 0.5) is 5.69 Å². The summed E-state index contributed by atoms with van der Waals surface area (Å²) in [6.45, 7) is 6.14. The topological polar surface area (TPSA) is 50.4 Å². The van der Waals surface area contributed by atoms with Crippen molar-refractivity contribution < 1.29 is 9.53 Å². The van der Waals surface area contributed by atoms with Gasteiger partial charge in [-0.15, -0.1) is 0 Å². The lowest BCUT2D eigenvalue weighted by Gasteiger charge is -2.25. The average Bonchev–Trinajstić information content (AvgIpc) is 3.04. The van der Waals surface area contributed by atoms with Crippen molar-refractivity contribution in [3.05, 3.63) is 29.3 Å². The molecule has 2 heterocycles. The summed E-state index contributed by atoms with van der Waals surface area (Å²) in [5.74, 6) is 0.604. The molecular weight excluding hydrogens is 264 g/mol. The second kappa shape index (κ2) is 6.16. The van der Waals surface area contributed by atoms with E-state index in [0.29, 0.717) is 24.5 Å². The highest BCUT2D eigenvalue weighted by Crippen LogP contribution is 2.34. The molecule has 3 unspecified atom stereocenters. The molecule has 0 aromatic heterocycles. The Labute approximate surface area is 126 Å². The molecule has 1 aromatic rings. The van der Waals surface area contributed by atoms with Gasteiger partial charge in [-0.3, -0.25) is 4.79 Å². The SMILES string of the molecule is CCCNC(c1ccc2c(c1)CC(=O)N2)C1COC(C)C1. The second-order valence-electron chi connectivity index (χ2n) is 6.21. The molecule has 1 aromatic carbocycles. The Kier molecular flexibility index (Phi) is 4.27. The zero-order chi connectivity index (χ0) is 14.8. The molecule has 1 amide bonds. The molecule has 3 rings (SSSR count). The van der Waals surface area contributed by atoms with Gasteiger partial charge in [0.1, 0.15) is 0 Å². The van der Waals surface area contributed by atoms with Crippen LogP contribution in [0.15, 0.2) is 18.2 Å². The van der Waals surface area contributed by atoms with Gasteiger partial charge in [-0.1, -0.05) is 19.1 Å². The maximum Gasteiger partial charge on any atom is 0.228 e. The third-order valence-corrected chi connectivity index (χ3v) is 4.43. The van der Waals surface area contributed by atoms with E-state index in [4.69, 9.17) is 4.74 Å². The molecule has 0 bridgehead atoms. The van der Waals surface area contributed by atoms with Gasteiger partial charge in [-0.25, -0.2) is 0 Å². The number of anilines is 1. The average molecular weight is 288 g/mol. The number of fused-ring (bicyclic) bond motifs is 1. The molecule has 1 saturated heterocycles. The van der Waals surface area contributed by atoms with Gasteiger partial charge >= 0.3 is 0 Å². The number of carbonyl (C=O) groups is 1. The van der Waals surface area contributed by atoms with Crippen molar-refractivity contribution in [3.8, 4) is 0 Å². The van der Waals surface area contributed by atoms with Crippen LogP contribution in [0.25, 0.3) is 0 Å². The molecule has 21 heavy (non-hydrogen) atoms. The van der Waals surface area contributed by atoms with Crippen molar-refractivity contribution >= 4 is 11.6 Å². The van der Waals surface area contributed by atoms with Crippen molar-refractivity contribution in [1.29, 1.82) is 0 Å². The predicted octanol–water partition coefficient (Wildman–Crippen LogP) is 2.65. The minimum Gasteiger partial charge on any atom is -0.378 e. The minimum atomic E-state index is 0.0954. The molecule has 114 valence electrons. The van der Waals surface area contributed by atoms with E-state index in [2.05, 4.69) is 36.6 Å². The second-order valence-corrected chi connectivity index (χ2v) is 6.21. The molecule has 2 N–H and O–H groups in total. The smallest absolute Gasteiger partial charge is 0.228 e. The molecule has 2 aliphatic rings. The maximum absolute atomic E-state index is 11.5. The third-order valence-electron chi connectivity index (χ3n) is 4.43. The highest BCUT2D eigenvalue weighted by Gasteiger charge is 2.31.